The van der Waals surface area contributed by atoms with Crippen molar-refractivity contribution < 1.29 is 13.2 Å². The SMILES string of the molecule is CNS(=O)(=O)c1ccc(Cl)c(C(=O)N2CCN(Cc3ccncc3)CC2)c1. The molecule has 1 fully saturated rings. The van der Waals surface area contributed by atoms with Crippen molar-refractivity contribution in [3.8, 4) is 0 Å². The molecule has 0 atom stereocenters. The molecule has 1 aromatic heterocycles. The van der Waals surface area contributed by atoms with Gasteiger partial charge in [0.1, 0.15) is 0 Å². The normalized spacial score (nSPS) is 15.7. The van der Waals surface area contributed by atoms with Gasteiger partial charge in [-0.05, 0) is 42.9 Å². The van der Waals surface area contributed by atoms with Crippen LogP contribution in [0.25, 0.3) is 0 Å². The molecule has 2 heterocycles. The van der Waals surface area contributed by atoms with Crippen LogP contribution in [0.5, 0.6) is 0 Å². The highest BCUT2D eigenvalue weighted by Gasteiger charge is 2.25. The van der Waals surface area contributed by atoms with Crippen LogP contribution in [-0.2, 0) is 16.6 Å². The number of aromatic nitrogens is 1. The van der Waals surface area contributed by atoms with Crippen molar-refractivity contribution in [2.75, 3.05) is 33.2 Å². The second kappa shape index (κ2) is 8.35. The number of sulfonamides is 1. The van der Waals surface area contributed by atoms with Gasteiger partial charge in [0.2, 0.25) is 10.0 Å². The Hall–Kier alpha value is -2.00. The fourth-order valence-corrected chi connectivity index (χ4v) is 3.93. The first-order valence-electron chi connectivity index (χ1n) is 8.54. The van der Waals surface area contributed by atoms with Gasteiger partial charge in [-0.15, -0.1) is 0 Å². The van der Waals surface area contributed by atoms with E-state index in [2.05, 4.69) is 14.6 Å². The van der Waals surface area contributed by atoms with Gasteiger partial charge in [0.15, 0.2) is 0 Å². The lowest BCUT2D eigenvalue weighted by atomic mass is 10.1. The summed E-state index contributed by atoms with van der Waals surface area (Å²) in [6, 6.07) is 8.12. The van der Waals surface area contributed by atoms with Crippen molar-refractivity contribution >= 4 is 27.5 Å². The van der Waals surface area contributed by atoms with Crippen LogP contribution < -0.4 is 4.72 Å². The second-order valence-electron chi connectivity index (χ2n) is 6.27. The topological polar surface area (TPSA) is 82.6 Å². The molecule has 1 amide bonds. The van der Waals surface area contributed by atoms with Crippen LogP contribution in [0.4, 0.5) is 0 Å². The summed E-state index contributed by atoms with van der Waals surface area (Å²) < 4.78 is 26.2. The number of amides is 1. The predicted octanol–water partition coefficient (Wildman–Crippen LogP) is 1.60. The number of rotatable bonds is 5. The Morgan fingerprint density at radius 3 is 2.44 bits per heavy atom. The van der Waals surface area contributed by atoms with E-state index in [-0.39, 0.29) is 21.4 Å². The van der Waals surface area contributed by atoms with E-state index >= 15 is 0 Å². The Balaban J connectivity index is 1.68. The summed E-state index contributed by atoms with van der Waals surface area (Å²) in [5.41, 5.74) is 1.38. The molecule has 27 heavy (non-hydrogen) atoms. The zero-order chi connectivity index (χ0) is 19.4. The van der Waals surface area contributed by atoms with Gasteiger partial charge in [0, 0.05) is 45.1 Å². The van der Waals surface area contributed by atoms with Crippen molar-refractivity contribution in [3.05, 3.63) is 58.9 Å². The highest BCUT2D eigenvalue weighted by atomic mass is 35.5. The molecular weight excluding hydrogens is 388 g/mol. The van der Waals surface area contributed by atoms with Crippen LogP contribution in [0.3, 0.4) is 0 Å². The minimum atomic E-state index is -3.64. The summed E-state index contributed by atoms with van der Waals surface area (Å²) in [6.45, 7) is 3.40. The van der Waals surface area contributed by atoms with Crippen molar-refractivity contribution in [1.29, 1.82) is 0 Å². The Morgan fingerprint density at radius 2 is 1.81 bits per heavy atom. The lowest BCUT2D eigenvalue weighted by molar-refractivity contribution is 0.0628. The number of halogens is 1. The average molecular weight is 409 g/mol. The minimum absolute atomic E-state index is 0.0223. The average Bonchev–Trinajstić information content (AvgIpc) is 2.69. The Bertz CT molecular complexity index is 913. The summed E-state index contributed by atoms with van der Waals surface area (Å²) >= 11 is 6.16. The molecule has 1 aliphatic rings. The molecular formula is C18H21ClN4O3S. The number of piperazine rings is 1. The molecule has 1 saturated heterocycles. The summed E-state index contributed by atoms with van der Waals surface area (Å²) in [5.74, 6) is -0.253. The van der Waals surface area contributed by atoms with Crippen LogP contribution in [0.1, 0.15) is 15.9 Å². The largest absolute Gasteiger partial charge is 0.336 e. The van der Waals surface area contributed by atoms with Crippen LogP contribution in [0.2, 0.25) is 5.02 Å². The van der Waals surface area contributed by atoms with Gasteiger partial charge in [-0.1, -0.05) is 11.6 Å². The van der Waals surface area contributed by atoms with Crippen molar-refractivity contribution in [2.45, 2.75) is 11.4 Å². The van der Waals surface area contributed by atoms with E-state index in [1.165, 1.54) is 30.8 Å². The lowest BCUT2D eigenvalue weighted by Gasteiger charge is -2.35. The predicted molar refractivity (Wildman–Crippen MR) is 103 cm³/mol. The summed E-state index contributed by atoms with van der Waals surface area (Å²) in [5, 5.41) is 0.245. The van der Waals surface area contributed by atoms with E-state index in [1.54, 1.807) is 17.3 Å². The zero-order valence-corrected chi connectivity index (χ0v) is 16.5. The van der Waals surface area contributed by atoms with Gasteiger partial charge in [-0.25, -0.2) is 13.1 Å². The molecule has 9 heteroatoms. The third-order valence-corrected chi connectivity index (χ3v) is 6.30. The molecule has 7 nitrogen and oxygen atoms in total. The van der Waals surface area contributed by atoms with E-state index in [1.807, 2.05) is 12.1 Å². The first kappa shape index (κ1) is 19.8. The maximum Gasteiger partial charge on any atom is 0.255 e. The summed E-state index contributed by atoms with van der Waals surface area (Å²) in [6.07, 6.45) is 3.53. The standard InChI is InChI=1S/C18H21ClN4O3S/c1-20-27(25,26)15-2-3-17(19)16(12-15)18(24)23-10-8-22(9-11-23)13-14-4-6-21-7-5-14/h2-7,12,20H,8-11,13H2,1H3. The molecule has 144 valence electrons. The number of benzene rings is 1. The minimum Gasteiger partial charge on any atom is -0.336 e. The molecule has 1 aliphatic heterocycles. The van der Waals surface area contributed by atoms with Gasteiger partial charge in [0.05, 0.1) is 15.5 Å². The number of nitrogens with one attached hydrogen (secondary N) is 1. The Kier molecular flexibility index (Phi) is 6.11. The Labute approximate surface area is 164 Å². The third kappa shape index (κ3) is 4.65. The fraction of sp³-hybridized carbons (Fsp3) is 0.333. The number of nitrogens with zero attached hydrogens (tertiary/aromatic N) is 3. The number of pyridine rings is 1. The summed E-state index contributed by atoms with van der Waals surface area (Å²) in [4.78, 5) is 20.9. The molecule has 0 aliphatic carbocycles. The maximum absolute atomic E-state index is 12.9. The molecule has 0 bridgehead atoms. The highest BCUT2D eigenvalue weighted by molar-refractivity contribution is 7.89. The van der Waals surface area contributed by atoms with Crippen LogP contribution >= 0.6 is 11.6 Å². The molecule has 3 rings (SSSR count). The molecule has 1 aromatic carbocycles. The Morgan fingerprint density at radius 1 is 1.15 bits per heavy atom. The van der Waals surface area contributed by atoms with Gasteiger partial charge in [0.25, 0.3) is 5.91 Å². The van der Waals surface area contributed by atoms with Gasteiger partial charge < -0.3 is 4.90 Å². The first-order chi connectivity index (χ1) is 12.9. The van der Waals surface area contributed by atoms with Crippen molar-refractivity contribution in [1.82, 2.24) is 19.5 Å². The number of hydrogen-bond donors (Lipinski definition) is 1. The second-order valence-corrected chi connectivity index (χ2v) is 8.57. The number of carbonyl (C=O) groups excluding carboxylic acids is 1. The molecule has 2 aromatic rings. The monoisotopic (exact) mass is 408 g/mol. The zero-order valence-electron chi connectivity index (χ0n) is 14.9. The van der Waals surface area contributed by atoms with E-state index < -0.39 is 10.0 Å². The van der Waals surface area contributed by atoms with E-state index in [4.69, 9.17) is 11.6 Å². The quantitative estimate of drug-likeness (QED) is 0.812. The summed E-state index contributed by atoms with van der Waals surface area (Å²) in [7, 11) is -2.31. The fourth-order valence-electron chi connectivity index (χ4n) is 2.98. The molecule has 1 N–H and O–H groups in total. The van der Waals surface area contributed by atoms with Crippen LogP contribution in [-0.4, -0.2) is 62.3 Å². The van der Waals surface area contributed by atoms with Crippen molar-refractivity contribution in [3.63, 3.8) is 0 Å². The van der Waals surface area contributed by atoms with E-state index in [0.717, 1.165) is 19.6 Å². The number of hydrogen-bond acceptors (Lipinski definition) is 5. The lowest BCUT2D eigenvalue weighted by Crippen LogP contribution is -2.48. The van der Waals surface area contributed by atoms with Crippen LogP contribution in [0.15, 0.2) is 47.6 Å². The number of carbonyl (C=O) groups is 1. The molecule has 0 unspecified atom stereocenters. The van der Waals surface area contributed by atoms with Gasteiger partial charge in [-0.2, -0.15) is 0 Å². The van der Waals surface area contributed by atoms with Gasteiger partial charge >= 0.3 is 0 Å². The van der Waals surface area contributed by atoms with Crippen LogP contribution in [0, 0.1) is 0 Å². The van der Waals surface area contributed by atoms with Gasteiger partial charge in [-0.3, -0.25) is 14.7 Å². The van der Waals surface area contributed by atoms with E-state index in [9.17, 15) is 13.2 Å². The smallest absolute Gasteiger partial charge is 0.255 e. The van der Waals surface area contributed by atoms with E-state index in [0.29, 0.717) is 13.1 Å². The molecule has 0 radical (unpaired) electrons. The third-order valence-electron chi connectivity index (χ3n) is 4.56. The molecule has 0 spiro atoms. The van der Waals surface area contributed by atoms with Crippen molar-refractivity contribution in [2.24, 2.45) is 0 Å². The molecule has 0 saturated carbocycles. The maximum atomic E-state index is 12.9. The highest BCUT2D eigenvalue weighted by Crippen LogP contribution is 2.23. The first-order valence-corrected chi connectivity index (χ1v) is 10.4.